The fraction of sp³-hybridized carbons (Fsp3) is 0.125. The number of hydrogen-bond donors (Lipinski definition) is 1. The Morgan fingerprint density at radius 2 is 1.59 bits per heavy atom. The molecule has 0 saturated carbocycles. The fourth-order valence-electron chi connectivity index (χ4n) is 3.00. The third-order valence-electron chi connectivity index (χ3n) is 3.80. The minimum absolute atomic E-state index is 0.411. The van der Waals surface area contributed by atoms with E-state index in [1.165, 1.54) is 22.4 Å². The molecule has 1 heterocycles. The molecule has 0 spiro atoms. The zero-order valence-corrected chi connectivity index (χ0v) is 9.43. The molecule has 1 aliphatic heterocycles. The van der Waals surface area contributed by atoms with Gasteiger partial charge >= 0.3 is 0 Å². The molecule has 0 fully saturated rings. The van der Waals surface area contributed by atoms with E-state index in [0.29, 0.717) is 12.0 Å². The molecule has 0 aromatic heterocycles. The van der Waals surface area contributed by atoms with Gasteiger partial charge in [0, 0.05) is 11.6 Å². The SMILES string of the molecule is C1=CC2c3ccccc3NC2c2ccccc21. The monoisotopic (exact) mass is 219 g/mol. The first kappa shape index (κ1) is 9.06. The topological polar surface area (TPSA) is 12.0 Å². The highest BCUT2D eigenvalue weighted by Gasteiger charge is 2.33. The van der Waals surface area contributed by atoms with Gasteiger partial charge in [-0.05, 0) is 22.8 Å². The Kier molecular flexibility index (Phi) is 1.72. The number of nitrogens with one attached hydrogen (secondary N) is 1. The van der Waals surface area contributed by atoms with Crippen LogP contribution in [0.4, 0.5) is 5.69 Å². The molecule has 0 saturated heterocycles. The number of para-hydroxylation sites is 1. The summed E-state index contributed by atoms with van der Waals surface area (Å²) in [5.74, 6) is 0.487. The van der Waals surface area contributed by atoms with Crippen molar-refractivity contribution in [3.05, 3.63) is 71.3 Å². The van der Waals surface area contributed by atoms with Gasteiger partial charge in [-0.2, -0.15) is 0 Å². The Bertz CT molecular complexity index is 612. The molecule has 0 radical (unpaired) electrons. The van der Waals surface area contributed by atoms with Crippen molar-refractivity contribution in [3.8, 4) is 0 Å². The summed E-state index contributed by atoms with van der Waals surface area (Å²) in [6.45, 7) is 0. The molecule has 17 heavy (non-hydrogen) atoms. The van der Waals surface area contributed by atoms with Crippen LogP contribution in [0.2, 0.25) is 0 Å². The Morgan fingerprint density at radius 3 is 2.53 bits per heavy atom. The molecule has 2 aromatic carbocycles. The summed E-state index contributed by atoms with van der Waals surface area (Å²) < 4.78 is 0. The van der Waals surface area contributed by atoms with E-state index < -0.39 is 0 Å². The van der Waals surface area contributed by atoms with Crippen molar-refractivity contribution in [2.75, 3.05) is 5.32 Å². The molecule has 1 N–H and O–H groups in total. The van der Waals surface area contributed by atoms with Crippen LogP contribution in [-0.2, 0) is 0 Å². The lowest BCUT2D eigenvalue weighted by atomic mass is 9.83. The van der Waals surface area contributed by atoms with E-state index in [0.717, 1.165) is 0 Å². The number of hydrogen-bond acceptors (Lipinski definition) is 1. The van der Waals surface area contributed by atoms with Crippen molar-refractivity contribution in [1.29, 1.82) is 0 Å². The molecular formula is C16H13N. The highest BCUT2D eigenvalue weighted by molar-refractivity contribution is 5.69. The van der Waals surface area contributed by atoms with E-state index in [2.05, 4.69) is 66.0 Å². The van der Waals surface area contributed by atoms with Gasteiger partial charge in [0.05, 0.1) is 6.04 Å². The number of fused-ring (bicyclic) bond motifs is 5. The van der Waals surface area contributed by atoms with Crippen LogP contribution in [0, 0.1) is 0 Å². The maximum absolute atomic E-state index is 3.64. The lowest BCUT2D eigenvalue weighted by Gasteiger charge is -2.24. The summed E-state index contributed by atoms with van der Waals surface area (Å²) in [7, 11) is 0. The average molecular weight is 219 g/mol. The van der Waals surface area contributed by atoms with E-state index in [1.54, 1.807) is 0 Å². The van der Waals surface area contributed by atoms with Gasteiger partial charge in [0.25, 0.3) is 0 Å². The highest BCUT2D eigenvalue weighted by Crippen LogP contribution is 2.48. The molecule has 4 rings (SSSR count). The summed E-state index contributed by atoms with van der Waals surface area (Å²) in [4.78, 5) is 0. The third-order valence-corrected chi connectivity index (χ3v) is 3.80. The Balaban J connectivity index is 1.90. The fourth-order valence-corrected chi connectivity index (χ4v) is 3.00. The molecule has 1 nitrogen and oxygen atoms in total. The summed E-state index contributed by atoms with van der Waals surface area (Å²) in [5.41, 5.74) is 5.46. The van der Waals surface area contributed by atoms with Crippen molar-refractivity contribution >= 4 is 11.8 Å². The van der Waals surface area contributed by atoms with Crippen molar-refractivity contribution in [2.24, 2.45) is 0 Å². The van der Waals surface area contributed by atoms with Gasteiger partial charge in [-0.3, -0.25) is 0 Å². The van der Waals surface area contributed by atoms with Gasteiger partial charge in [-0.25, -0.2) is 0 Å². The zero-order chi connectivity index (χ0) is 11.2. The molecule has 2 atom stereocenters. The van der Waals surface area contributed by atoms with Crippen molar-refractivity contribution < 1.29 is 0 Å². The average Bonchev–Trinajstić information content (AvgIpc) is 2.78. The maximum Gasteiger partial charge on any atom is 0.0623 e. The summed E-state index contributed by atoms with van der Waals surface area (Å²) >= 11 is 0. The molecule has 1 aliphatic carbocycles. The smallest absolute Gasteiger partial charge is 0.0623 e. The molecule has 1 heteroatoms. The van der Waals surface area contributed by atoms with Crippen LogP contribution >= 0.6 is 0 Å². The minimum Gasteiger partial charge on any atom is -0.377 e. The molecule has 82 valence electrons. The zero-order valence-electron chi connectivity index (χ0n) is 9.43. The Labute approximate surface area is 101 Å². The number of anilines is 1. The Hall–Kier alpha value is -2.02. The third kappa shape index (κ3) is 1.19. The highest BCUT2D eigenvalue weighted by atomic mass is 15.0. The summed E-state index contributed by atoms with van der Waals surface area (Å²) in [6.07, 6.45) is 4.58. The van der Waals surface area contributed by atoms with E-state index in [4.69, 9.17) is 0 Å². The van der Waals surface area contributed by atoms with E-state index in [-0.39, 0.29) is 0 Å². The van der Waals surface area contributed by atoms with Gasteiger partial charge in [-0.1, -0.05) is 54.6 Å². The van der Waals surface area contributed by atoms with E-state index in [1.807, 2.05) is 0 Å². The lowest BCUT2D eigenvalue weighted by molar-refractivity contribution is 0.726. The first-order chi connectivity index (χ1) is 8.43. The predicted molar refractivity (Wildman–Crippen MR) is 71.0 cm³/mol. The van der Waals surface area contributed by atoms with Crippen molar-refractivity contribution in [3.63, 3.8) is 0 Å². The lowest BCUT2D eigenvalue weighted by Crippen LogP contribution is -2.14. The molecule has 2 unspecified atom stereocenters. The minimum atomic E-state index is 0.411. The van der Waals surface area contributed by atoms with Gasteiger partial charge < -0.3 is 5.32 Å². The van der Waals surface area contributed by atoms with Crippen molar-refractivity contribution in [2.45, 2.75) is 12.0 Å². The Morgan fingerprint density at radius 1 is 0.824 bits per heavy atom. The van der Waals surface area contributed by atoms with Crippen LogP contribution in [0.15, 0.2) is 54.6 Å². The second kappa shape index (κ2) is 3.24. The van der Waals surface area contributed by atoms with Crippen molar-refractivity contribution in [1.82, 2.24) is 0 Å². The summed E-state index contributed by atoms with van der Waals surface area (Å²) in [5, 5.41) is 3.64. The maximum atomic E-state index is 3.64. The van der Waals surface area contributed by atoms with Crippen LogP contribution in [0.25, 0.3) is 6.08 Å². The molecule has 2 aromatic rings. The van der Waals surface area contributed by atoms with Crippen LogP contribution in [0.5, 0.6) is 0 Å². The van der Waals surface area contributed by atoms with E-state index >= 15 is 0 Å². The van der Waals surface area contributed by atoms with E-state index in [9.17, 15) is 0 Å². The quantitative estimate of drug-likeness (QED) is 0.707. The summed E-state index contributed by atoms with van der Waals surface area (Å²) in [6, 6.07) is 17.7. The molecule has 0 amide bonds. The van der Waals surface area contributed by atoms with Crippen LogP contribution in [0.3, 0.4) is 0 Å². The number of benzene rings is 2. The first-order valence-electron chi connectivity index (χ1n) is 6.06. The van der Waals surface area contributed by atoms with Crippen LogP contribution < -0.4 is 5.32 Å². The van der Waals surface area contributed by atoms with Crippen LogP contribution in [-0.4, -0.2) is 0 Å². The first-order valence-corrected chi connectivity index (χ1v) is 6.06. The molecule has 2 aliphatic rings. The van der Waals surface area contributed by atoms with Gasteiger partial charge in [0.1, 0.15) is 0 Å². The second-order valence-electron chi connectivity index (χ2n) is 4.72. The predicted octanol–water partition coefficient (Wildman–Crippen LogP) is 3.96. The number of rotatable bonds is 0. The standard InChI is InChI=1S/C16H13N/c1-2-6-12-11(5-1)9-10-14-13-7-3-4-8-15(13)17-16(12)14/h1-10,14,16-17H. The molecular weight excluding hydrogens is 206 g/mol. The van der Waals surface area contributed by atoms with Gasteiger partial charge in [-0.15, -0.1) is 0 Å². The normalized spacial score (nSPS) is 23.5. The van der Waals surface area contributed by atoms with Gasteiger partial charge in [0.15, 0.2) is 0 Å². The van der Waals surface area contributed by atoms with Crippen LogP contribution in [0.1, 0.15) is 28.7 Å². The second-order valence-corrected chi connectivity index (χ2v) is 4.72. The molecule has 0 bridgehead atoms. The largest absolute Gasteiger partial charge is 0.377 e. The van der Waals surface area contributed by atoms with Gasteiger partial charge in [0.2, 0.25) is 0 Å².